The Bertz CT molecular complexity index is 887. The van der Waals surface area contributed by atoms with Crippen LogP contribution in [0.1, 0.15) is 81.6 Å². The van der Waals surface area contributed by atoms with Crippen LogP contribution in [0.2, 0.25) is 0 Å². The lowest BCUT2D eigenvalue weighted by atomic mass is 9.92. The van der Waals surface area contributed by atoms with Crippen LogP contribution in [-0.2, 0) is 28.7 Å². The first-order chi connectivity index (χ1) is 18.0. The first-order valence-corrected chi connectivity index (χ1v) is 14.0. The first-order valence-electron chi connectivity index (χ1n) is 14.0. The molecule has 4 N–H and O–H groups in total. The molecule has 0 aromatic rings. The van der Waals surface area contributed by atoms with Crippen LogP contribution < -0.4 is 16.0 Å². The summed E-state index contributed by atoms with van der Waals surface area (Å²) in [5.41, 5.74) is -0.943. The predicted octanol–water partition coefficient (Wildman–Crippen LogP) is 1.16. The zero-order chi connectivity index (χ0) is 30.2. The van der Waals surface area contributed by atoms with Gasteiger partial charge in [-0.15, -0.1) is 0 Å². The molecule has 1 fully saturated rings. The molecule has 1 saturated heterocycles. The van der Waals surface area contributed by atoms with E-state index in [1.807, 2.05) is 34.6 Å². The van der Waals surface area contributed by atoms with Crippen molar-refractivity contribution in [3.8, 4) is 0 Å². The van der Waals surface area contributed by atoms with Crippen molar-refractivity contribution in [3.63, 3.8) is 0 Å². The molecular formula is C28H50N4O7. The van der Waals surface area contributed by atoms with Crippen LogP contribution in [0.25, 0.3) is 0 Å². The van der Waals surface area contributed by atoms with E-state index in [0.29, 0.717) is 19.3 Å². The van der Waals surface area contributed by atoms with E-state index in [2.05, 4.69) is 16.0 Å². The molecule has 1 rings (SSSR count). The molecule has 0 aromatic carbocycles. The van der Waals surface area contributed by atoms with Crippen molar-refractivity contribution >= 4 is 29.4 Å². The van der Waals surface area contributed by atoms with E-state index in [4.69, 9.17) is 4.74 Å². The largest absolute Gasteiger partial charge is 0.391 e. The summed E-state index contributed by atoms with van der Waals surface area (Å²) >= 11 is 0. The lowest BCUT2D eigenvalue weighted by molar-refractivity contribution is -0.141. The Labute approximate surface area is 233 Å². The summed E-state index contributed by atoms with van der Waals surface area (Å²) in [7, 11) is 1.55. The minimum atomic E-state index is -1.36. The summed E-state index contributed by atoms with van der Waals surface area (Å²) in [6.45, 7) is 16.0. The Kier molecular flexibility index (Phi) is 13.0. The van der Waals surface area contributed by atoms with Gasteiger partial charge in [0.1, 0.15) is 23.7 Å². The van der Waals surface area contributed by atoms with Crippen molar-refractivity contribution in [3.05, 3.63) is 0 Å². The van der Waals surface area contributed by atoms with Crippen LogP contribution in [0.4, 0.5) is 0 Å². The molecule has 1 aliphatic rings. The van der Waals surface area contributed by atoms with E-state index in [0.717, 1.165) is 0 Å². The van der Waals surface area contributed by atoms with Gasteiger partial charge in [-0.25, -0.2) is 0 Å². The number of carbonyl (C=O) groups excluding carboxylic acids is 5. The van der Waals surface area contributed by atoms with Crippen LogP contribution in [-0.4, -0.2) is 88.9 Å². The number of ketones is 1. The molecule has 0 aromatic heterocycles. The summed E-state index contributed by atoms with van der Waals surface area (Å²) < 4.78 is 5.27. The second-order valence-electron chi connectivity index (χ2n) is 11.6. The molecule has 11 nitrogen and oxygen atoms in total. The minimum Gasteiger partial charge on any atom is -0.391 e. The van der Waals surface area contributed by atoms with Gasteiger partial charge in [0.05, 0.1) is 18.8 Å². The molecular weight excluding hydrogens is 504 g/mol. The number of rotatable bonds is 16. The van der Waals surface area contributed by atoms with Gasteiger partial charge in [-0.1, -0.05) is 54.4 Å². The highest BCUT2D eigenvalue weighted by Crippen LogP contribution is 2.29. The number of hydrogen-bond donors (Lipinski definition) is 4. The van der Waals surface area contributed by atoms with Crippen molar-refractivity contribution in [2.45, 2.75) is 117 Å². The van der Waals surface area contributed by atoms with Crippen molar-refractivity contribution in [1.82, 2.24) is 20.9 Å². The Morgan fingerprint density at radius 2 is 1.36 bits per heavy atom. The van der Waals surface area contributed by atoms with Gasteiger partial charge in [0.25, 0.3) is 0 Å². The third-order valence-corrected chi connectivity index (χ3v) is 7.66. The zero-order valence-electron chi connectivity index (χ0n) is 25.3. The number of likely N-dealkylation sites (N-methyl/N-ethyl adjacent to an activating group) is 1. The SMILES string of the molecule is CC[C@H](C)[C@H](NC(=O)[C@H]([C@@H](C)CC)N(C)C(C)=O)C(=O)N[C@H](C(=O)N[C@@H](CC(C)C)C(=O)[C@]1(C)CO1)[C@@H](C)O. The molecule has 8 atom stereocenters. The second-order valence-corrected chi connectivity index (χ2v) is 11.6. The molecule has 0 saturated carbocycles. The highest BCUT2D eigenvalue weighted by molar-refractivity contribution is 5.99. The topological polar surface area (TPSA) is 157 Å². The van der Waals surface area contributed by atoms with E-state index in [-0.39, 0.29) is 36.1 Å². The van der Waals surface area contributed by atoms with Gasteiger partial charge in [-0.3, -0.25) is 24.0 Å². The van der Waals surface area contributed by atoms with Gasteiger partial charge >= 0.3 is 0 Å². The van der Waals surface area contributed by atoms with Crippen LogP contribution in [0.3, 0.4) is 0 Å². The molecule has 1 aliphatic heterocycles. The maximum atomic E-state index is 13.4. The van der Waals surface area contributed by atoms with Gasteiger partial charge < -0.3 is 30.7 Å². The maximum Gasteiger partial charge on any atom is 0.245 e. The number of nitrogens with one attached hydrogen (secondary N) is 3. The quantitative estimate of drug-likeness (QED) is 0.209. The van der Waals surface area contributed by atoms with E-state index >= 15 is 0 Å². The van der Waals surface area contributed by atoms with Crippen LogP contribution in [0, 0.1) is 17.8 Å². The second kappa shape index (κ2) is 14.7. The highest BCUT2D eigenvalue weighted by atomic mass is 16.6. The number of Topliss-reactive ketones (excluding diaryl/α,β-unsaturated/α-hetero) is 1. The Morgan fingerprint density at radius 1 is 0.872 bits per heavy atom. The molecule has 224 valence electrons. The summed E-state index contributed by atoms with van der Waals surface area (Å²) in [4.78, 5) is 66.4. The van der Waals surface area contributed by atoms with Crippen LogP contribution >= 0.6 is 0 Å². The molecule has 0 aliphatic carbocycles. The average molecular weight is 555 g/mol. The molecule has 0 bridgehead atoms. The molecule has 11 heteroatoms. The Balaban J connectivity index is 3.15. The Hall–Kier alpha value is -2.53. The smallest absolute Gasteiger partial charge is 0.245 e. The molecule has 0 unspecified atom stereocenters. The van der Waals surface area contributed by atoms with Crippen molar-refractivity contribution in [2.75, 3.05) is 13.7 Å². The number of epoxide rings is 1. The van der Waals surface area contributed by atoms with Gasteiger partial charge in [0.15, 0.2) is 5.78 Å². The number of carbonyl (C=O) groups is 5. The average Bonchev–Trinajstić information content (AvgIpc) is 3.61. The number of amides is 4. The molecule has 0 spiro atoms. The maximum absolute atomic E-state index is 13.4. The lowest BCUT2D eigenvalue weighted by Crippen LogP contribution is -2.62. The number of aliphatic hydroxyl groups excluding tert-OH is 1. The lowest BCUT2D eigenvalue weighted by Gasteiger charge is -2.34. The number of aliphatic hydroxyl groups is 1. The van der Waals surface area contributed by atoms with Crippen molar-refractivity contribution < 1.29 is 33.8 Å². The van der Waals surface area contributed by atoms with Crippen molar-refractivity contribution in [1.29, 1.82) is 0 Å². The summed E-state index contributed by atoms with van der Waals surface area (Å²) in [6.07, 6.45) is 0.280. The molecule has 4 amide bonds. The molecule has 39 heavy (non-hydrogen) atoms. The molecule has 1 heterocycles. The first kappa shape index (κ1) is 34.5. The third kappa shape index (κ3) is 9.56. The fourth-order valence-electron chi connectivity index (χ4n) is 4.41. The Morgan fingerprint density at radius 3 is 1.77 bits per heavy atom. The van der Waals surface area contributed by atoms with Crippen molar-refractivity contribution in [2.24, 2.45) is 17.8 Å². The van der Waals surface area contributed by atoms with E-state index in [1.54, 1.807) is 20.9 Å². The summed E-state index contributed by atoms with van der Waals surface area (Å²) in [5.74, 6) is -2.73. The van der Waals surface area contributed by atoms with E-state index in [1.165, 1.54) is 18.7 Å². The normalized spacial score (nSPS) is 21.9. The predicted molar refractivity (Wildman–Crippen MR) is 147 cm³/mol. The fourth-order valence-corrected chi connectivity index (χ4v) is 4.41. The van der Waals surface area contributed by atoms with E-state index < -0.39 is 53.6 Å². The third-order valence-electron chi connectivity index (χ3n) is 7.66. The minimum absolute atomic E-state index is 0.0952. The monoisotopic (exact) mass is 554 g/mol. The number of ether oxygens (including phenoxy) is 1. The summed E-state index contributed by atoms with van der Waals surface area (Å²) in [5, 5.41) is 18.5. The standard InChI is InChI=1S/C28H50N4O7/c1-11-16(5)21(30-27(38)23(17(6)12-2)32(10)19(8)34)25(36)31-22(18(7)33)26(37)29-20(13-15(3)4)24(35)28(9)14-39-28/h15-18,20-23,33H,11-14H2,1-10H3,(H,29,37)(H,30,38)(H,31,36)/t16-,17-,18+,20-,21-,22-,23-,28-/m0/s1. The fraction of sp³-hybridized carbons (Fsp3) is 0.821. The van der Waals surface area contributed by atoms with Gasteiger partial charge in [-0.2, -0.15) is 0 Å². The highest BCUT2D eigenvalue weighted by Gasteiger charge is 2.50. The zero-order valence-corrected chi connectivity index (χ0v) is 25.3. The van der Waals surface area contributed by atoms with Crippen LogP contribution in [0.15, 0.2) is 0 Å². The van der Waals surface area contributed by atoms with Gasteiger partial charge in [0, 0.05) is 14.0 Å². The molecule has 0 radical (unpaired) electrons. The number of hydrogen-bond acceptors (Lipinski definition) is 7. The van der Waals surface area contributed by atoms with Gasteiger partial charge in [0.2, 0.25) is 23.6 Å². The van der Waals surface area contributed by atoms with Gasteiger partial charge in [-0.05, 0) is 38.0 Å². The van der Waals surface area contributed by atoms with Crippen LogP contribution in [0.5, 0.6) is 0 Å². The van der Waals surface area contributed by atoms with E-state index in [9.17, 15) is 29.1 Å². The number of nitrogens with zero attached hydrogens (tertiary/aromatic N) is 1. The summed E-state index contributed by atoms with van der Waals surface area (Å²) in [6, 6.07) is -4.00.